The molecule has 1 aromatic rings. The second-order valence-corrected chi connectivity index (χ2v) is 6.64. The van der Waals surface area contributed by atoms with E-state index in [1.54, 1.807) is 0 Å². The van der Waals surface area contributed by atoms with Crippen LogP contribution in [0.25, 0.3) is 0 Å². The van der Waals surface area contributed by atoms with Gasteiger partial charge in [-0.1, -0.05) is 19.1 Å². The SMILES string of the molecule is CN1CCC(C)(CNC(=O)CCc2cccc(N)c2)CC1. The van der Waals surface area contributed by atoms with Crippen molar-refractivity contribution in [3.8, 4) is 0 Å². The van der Waals surface area contributed by atoms with E-state index in [1.807, 2.05) is 24.3 Å². The van der Waals surface area contributed by atoms with Crippen molar-refractivity contribution in [1.82, 2.24) is 10.2 Å². The molecule has 4 heteroatoms. The standard InChI is InChI=1S/C17H27N3O/c1-17(8-10-20(2)11-9-17)13-19-16(21)7-6-14-4-3-5-15(18)12-14/h3-5,12H,6-11,13,18H2,1-2H3,(H,19,21). The monoisotopic (exact) mass is 289 g/mol. The molecule has 1 aliphatic heterocycles. The summed E-state index contributed by atoms with van der Waals surface area (Å²) in [6.45, 7) is 5.31. The van der Waals surface area contributed by atoms with Gasteiger partial charge in [-0.2, -0.15) is 0 Å². The minimum absolute atomic E-state index is 0.137. The summed E-state index contributed by atoms with van der Waals surface area (Å²) in [5, 5.41) is 3.10. The highest BCUT2D eigenvalue weighted by Gasteiger charge is 2.28. The maximum absolute atomic E-state index is 12.0. The number of carbonyl (C=O) groups excluding carboxylic acids is 1. The molecule has 0 unspecified atom stereocenters. The van der Waals surface area contributed by atoms with Crippen LogP contribution in [-0.4, -0.2) is 37.5 Å². The number of carbonyl (C=O) groups is 1. The van der Waals surface area contributed by atoms with Crippen molar-refractivity contribution in [2.75, 3.05) is 32.4 Å². The van der Waals surface area contributed by atoms with Crippen LogP contribution in [0, 0.1) is 5.41 Å². The second kappa shape index (κ2) is 6.94. The van der Waals surface area contributed by atoms with Gasteiger partial charge in [0, 0.05) is 18.7 Å². The van der Waals surface area contributed by atoms with Gasteiger partial charge in [-0.25, -0.2) is 0 Å². The maximum Gasteiger partial charge on any atom is 0.220 e. The van der Waals surface area contributed by atoms with Crippen LogP contribution in [0.1, 0.15) is 31.7 Å². The molecule has 0 saturated carbocycles. The largest absolute Gasteiger partial charge is 0.399 e. The van der Waals surface area contributed by atoms with Crippen molar-refractivity contribution < 1.29 is 4.79 Å². The molecule has 116 valence electrons. The fourth-order valence-electron chi connectivity index (χ4n) is 2.74. The molecule has 1 aliphatic rings. The maximum atomic E-state index is 12.0. The zero-order valence-corrected chi connectivity index (χ0v) is 13.2. The molecule has 0 radical (unpaired) electrons. The average Bonchev–Trinajstić information content (AvgIpc) is 2.47. The third-order valence-corrected chi connectivity index (χ3v) is 4.50. The van der Waals surface area contributed by atoms with Gasteiger partial charge in [0.1, 0.15) is 0 Å². The number of nitrogens with zero attached hydrogens (tertiary/aromatic N) is 1. The van der Waals surface area contributed by atoms with Crippen LogP contribution in [0.5, 0.6) is 0 Å². The number of anilines is 1. The zero-order chi connectivity index (χ0) is 15.3. The lowest BCUT2D eigenvalue weighted by molar-refractivity contribution is -0.121. The Kier molecular flexibility index (Phi) is 5.23. The summed E-state index contributed by atoms with van der Waals surface area (Å²) in [5.74, 6) is 0.137. The number of nitrogen functional groups attached to an aromatic ring is 1. The highest BCUT2D eigenvalue weighted by Crippen LogP contribution is 2.29. The Labute approximate surface area is 127 Å². The lowest BCUT2D eigenvalue weighted by Crippen LogP contribution is -2.43. The predicted molar refractivity (Wildman–Crippen MR) is 87.0 cm³/mol. The summed E-state index contributed by atoms with van der Waals surface area (Å²) < 4.78 is 0. The number of nitrogens with two attached hydrogens (primary N) is 1. The molecule has 2 rings (SSSR count). The Morgan fingerprint density at radius 1 is 1.38 bits per heavy atom. The summed E-state index contributed by atoms with van der Waals surface area (Å²) in [4.78, 5) is 14.3. The summed E-state index contributed by atoms with van der Waals surface area (Å²) in [6.07, 6.45) is 3.58. The van der Waals surface area contributed by atoms with Gasteiger partial charge in [0.05, 0.1) is 0 Å². The highest BCUT2D eigenvalue weighted by atomic mass is 16.1. The topological polar surface area (TPSA) is 58.4 Å². The van der Waals surface area contributed by atoms with E-state index in [4.69, 9.17) is 5.73 Å². The summed E-state index contributed by atoms with van der Waals surface area (Å²) in [6, 6.07) is 7.75. The van der Waals surface area contributed by atoms with Crippen LogP contribution in [0.2, 0.25) is 0 Å². The van der Waals surface area contributed by atoms with Crippen molar-refractivity contribution in [3.05, 3.63) is 29.8 Å². The number of piperidine rings is 1. The fraction of sp³-hybridized carbons (Fsp3) is 0.588. The molecule has 0 aliphatic carbocycles. The van der Waals surface area contributed by atoms with Gasteiger partial charge >= 0.3 is 0 Å². The molecule has 0 spiro atoms. The van der Waals surface area contributed by atoms with Gasteiger partial charge in [0.2, 0.25) is 5.91 Å². The van der Waals surface area contributed by atoms with Crippen molar-refractivity contribution >= 4 is 11.6 Å². The minimum atomic E-state index is 0.137. The molecule has 0 aromatic heterocycles. The van der Waals surface area contributed by atoms with Gasteiger partial charge in [-0.3, -0.25) is 4.79 Å². The van der Waals surface area contributed by atoms with Gasteiger partial charge in [-0.15, -0.1) is 0 Å². The number of nitrogens with one attached hydrogen (secondary N) is 1. The number of hydrogen-bond acceptors (Lipinski definition) is 3. The first kappa shape index (κ1) is 15.8. The molecule has 3 N–H and O–H groups in total. The molecule has 1 fully saturated rings. The first-order chi connectivity index (χ1) is 9.97. The number of likely N-dealkylation sites (tertiary alicyclic amines) is 1. The Hall–Kier alpha value is -1.55. The van der Waals surface area contributed by atoms with Crippen molar-refractivity contribution in [2.45, 2.75) is 32.6 Å². The molecular formula is C17H27N3O. The van der Waals surface area contributed by atoms with Crippen molar-refractivity contribution in [3.63, 3.8) is 0 Å². The zero-order valence-electron chi connectivity index (χ0n) is 13.2. The molecule has 1 amide bonds. The molecule has 1 saturated heterocycles. The molecule has 0 atom stereocenters. The van der Waals surface area contributed by atoms with E-state index in [2.05, 4.69) is 24.2 Å². The van der Waals surface area contributed by atoms with Crippen LogP contribution in [0.15, 0.2) is 24.3 Å². The van der Waals surface area contributed by atoms with E-state index in [1.165, 1.54) is 0 Å². The number of benzene rings is 1. The summed E-state index contributed by atoms with van der Waals surface area (Å²) >= 11 is 0. The quantitative estimate of drug-likeness (QED) is 0.816. The predicted octanol–water partition coefficient (Wildman–Crippen LogP) is 2.05. The minimum Gasteiger partial charge on any atom is -0.399 e. The Balaban J connectivity index is 1.72. The average molecular weight is 289 g/mol. The van der Waals surface area contributed by atoms with Gasteiger partial charge < -0.3 is 16.0 Å². The van der Waals surface area contributed by atoms with Crippen molar-refractivity contribution in [1.29, 1.82) is 0 Å². The first-order valence-corrected chi connectivity index (χ1v) is 7.77. The summed E-state index contributed by atoms with van der Waals surface area (Å²) in [7, 11) is 2.16. The Bertz CT molecular complexity index is 479. The molecule has 0 bridgehead atoms. The van der Waals surface area contributed by atoms with Crippen LogP contribution >= 0.6 is 0 Å². The Morgan fingerprint density at radius 2 is 2.10 bits per heavy atom. The smallest absolute Gasteiger partial charge is 0.220 e. The second-order valence-electron chi connectivity index (χ2n) is 6.64. The Morgan fingerprint density at radius 3 is 2.76 bits per heavy atom. The van der Waals surface area contributed by atoms with Gasteiger partial charge in [0.15, 0.2) is 0 Å². The van der Waals surface area contributed by atoms with E-state index >= 15 is 0 Å². The lowest BCUT2D eigenvalue weighted by Gasteiger charge is -2.37. The molecule has 1 heterocycles. The van der Waals surface area contributed by atoms with E-state index in [-0.39, 0.29) is 11.3 Å². The lowest BCUT2D eigenvalue weighted by atomic mass is 9.80. The first-order valence-electron chi connectivity index (χ1n) is 7.77. The van der Waals surface area contributed by atoms with Gasteiger partial charge in [-0.05, 0) is 62.5 Å². The molecule has 4 nitrogen and oxygen atoms in total. The van der Waals surface area contributed by atoms with Crippen LogP contribution in [0.3, 0.4) is 0 Å². The van der Waals surface area contributed by atoms with E-state index < -0.39 is 0 Å². The molecular weight excluding hydrogens is 262 g/mol. The number of hydrogen-bond donors (Lipinski definition) is 2. The molecule has 21 heavy (non-hydrogen) atoms. The fourth-order valence-corrected chi connectivity index (χ4v) is 2.74. The van der Waals surface area contributed by atoms with E-state index in [0.717, 1.165) is 50.1 Å². The highest BCUT2D eigenvalue weighted by molar-refractivity contribution is 5.76. The van der Waals surface area contributed by atoms with Crippen LogP contribution in [0.4, 0.5) is 5.69 Å². The number of amides is 1. The normalized spacial score (nSPS) is 18.4. The van der Waals surface area contributed by atoms with Gasteiger partial charge in [0.25, 0.3) is 0 Å². The van der Waals surface area contributed by atoms with Crippen molar-refractivity contribution in [2.24, 2.45) is 5.41 Å². The summed E-state index contributed by atoms with van der Waals surface area (Å²) in [5.41, 5.74) is 7.87. The third kappa shape index (κ3) is 5.05. The molecule has 1 aromatic carbocycles. The third-order valence-electron chi connectivity index (χ3n) is 4.50. The van der Waals surface area contributed by atoms with E-state index in [9.17, 15) is 4.79 Å². The number of rotatable bonds is 5. The van der Waals surface area contributed by atoms with Crippen LogP contribution in [-0.2, 0) is 11.2 Å². The number of aryl methyl sites for hydroxylation is 1. The van der Waals surface area contributed by atoms with Crippen LogP contribution < -0.4 is 11.1 Å². The van der Waals surface area contributed by atoms with E-state index in [0.29, 0.717) is 6.42 Å².